The number of likely N-dealkylation sites (N-methyl/N-ethyl adjacent to an activating group) is 2. The quantitative estimate of drug-likeness (QED) is 0.844. The standard InChI is InChI=1S/C13H23N3O/c1-11-4-7-17-13(11)9-14-8-12-10-15(2)5-6-16(12)3/h4,7,12,14H,5-6,8-10H2,1-3H3. The molecule has 4 nitrogen and oxygen atoms in total. The fourth-order valence-corrected chi connectivity index (χ4v) is 2.26. The Bertz CT molecular complexity index is 350. The zero-order chi connectivity index (χ0) is 12.3. The zero-order valence-electron chi connectivity index (χ0n) is 11.1. The number of aryl methyl sites for hydroxylation is 1. The normalized spacial score (nSPS) is 23.1. The molecule has 4 heteroatoms. The van der Waals surface area contributed by atoms with Gasteiger partial charge in [0.05, 0.1) is 12.8 Å². The molecule has 0 aromatic carbocycles. The molecule has 1 aromatic heterocycles. The van der Waals surface area contributed by atoms with Crippen LogP contribution in [-0.2, 0) is 6.54 Å². The number of hydrogen-bond acceptors (Lipinski definition) is 4. The first-order chi connectivity index (χ1) is 8.16. The Labute approximate surface area is 104 Å². The number of nitrogens with one attached hydrogen (secondary N) is 1. The minimum atomic E-state index is 0.601. The Morgan fingerprint density at radius 3 is 2.94 bits per heavy atom. The van der Waals surface area contributed by atoms with E-state index in [-0.39, 0.29) is 0 Å². The third-order valence-electron chi connectivity index (χ3n) is 3.61. The van der Waals surface area contributed by atoms with E-state index >= 15 is 0 Å². The van der Waals surface area contributed by atoms with Crippen LogP contribution in [0.1, 0.15) is 11.3 Å². The Morgan fingerprint density at radius 1 is 1.41 bits per heavy atom. The van der Waals surface area contributed by atoms with E-state index in [1.54, 1.807) is 6.26 Å². The molecule has 1 atom stereocenters. The summed E-state index contributed by atoms with van der Waals surface area (Å²) in [6, 6.07) is 2.61. The molecule has 1 aromatic rings. The number of hydrogen-bond donors (Lipinski definition) is 1. The maximum atomic E-state index is 5.42. The smallest absolute Gasteiger partial charge is 0.120 e. The van der Waals surface area contributed by atoms with Crippen molar-refractivity contribution >= 4 is 0 Å². The average Bonchev–Trinajstić information content (AvgIpc) is 2.70. The SMILES string of the molecule is Cc1ccoc1CNCC1CN(C)CCN1C. The van der Waals surface area contributed by atoms with E-state index in [1.165, 1.54) is 12.1 Å². The number of nitrogens with zero attached hydrogens (tertiary/aromatic N) is 2. The number of furan rings is 1. The van der Waals surface area contributed by atoms with Crippen molar-refractivity contribution in [2.45, 2.75) is 19.5 Å². The predicted octanol–water partition coefficient (Wildman–Crippen LogP) is 0.923. The minimum Gasteiger partial charge on any atom is -0.468 e. The molecule has 0 radical (unpaired) electrons. The van der Waals surface area contributed by atoms with Gasteiger partial charge in [-0.15, -0.1) is 0 Å². The molecule has 1 fully saturated rings. The van der Waals surface area contributed by atoms with Gasteiger partial charge in [0.15, 0.2) is 0 Å². The molecule has 1 aliphatic heterocycles. The van der Waals surface area contributed by atoms with E-state index in [1.807, 2.05) is 6.07 Å². The van der Waals surface area contributed by atoms with E-state index in [0.29, 0.717) is 6.04 Å². The summed E-state index contributed by atoms with van der Waals surface area (Å²) in [5.41, 5.74) is 1.23. The lowest BCUT2D eigenvalue weighted by Crippen LogP contribution is -2.53. The maximum Gasteiger partial charge on any atom is 0.120 e. The molecule has 0 amide bonds. The molecule has 1 aliphatic rings. The molecule has 0 saturated carbocycles. The molecule has 0 bridgehead atoms. The second-order valence-electron chi connectivity index (χ2n) is 5.05. The molecule has 0 spiro atoms. The van der Waals surface area contributed by atoms with Gasteiger partial charge in [-0.25, -0.2) is 0 Å². The van der Waals surface area contributed by atoms with Gasteiger partial charge < -0.3 is 14.6 Å². The average molecular weight is 237 g/mol. The lowest BCUT2D eigenvalue weighted by Gasteiger charge is -2.37. The third kappa shape index (κ3) is 3.31. The predicted molar refractivity (Wildman–Crippen MR) is 69.1 cm³/mol. The van der Waals surface area contributed by atoms with Crippen LogP contribution in [0.5, 0.6) is 0 Å². The summed E-state index contributed by atoms with van der Waals surface area (Å²) >= 11 is 0. The Hall–Kier alpha value is -0.840. The van der Waals surface area contributed by atoms with Crippen LogP contribution >= 0.6 is 0 Å². The van der Waals surface area contributed by atoms with Crippen LogP contribution in [-0.4, -0.2) is 56.1 Å². The number of piperazine rings is 1. The van der Waals surface area contributed by atoms with Crippen molar-refractivity contribution < 1.29 is 4.42 Å². The molecule has 2 heterocycles. The molecule has 1 N–H and O–H groups in total. The van der Waals surface area contributed by atoms with E-state index in [2.05, 4.69) is 36.1 Å². The molecule has 96 valence electrons. The van der Waals surface area contributed by atoms with Gasteiger partial charge in [-0.3, -0.25) is 4.90 Å². The summed E-state index contributed by atoms with van der Waals surface area (Å²) in [4.78, 5) is 4.83. The summed E-state index contributed by atoms with van der Waals surface area (Å²) < 4.78 is 5.42. The van der Waals surface area contributed by atoms with Crippen molar-refractivity contribution in [1.29, 1.82) is 0 Å². The summed E-state index contributed by atoms with van der Waals surface area (Å²) in [5, 5.41) is 3.49. The molecule has 17 heavy (non-hydrogen) atoms. The van der Waals surface area contributed by atoms with Crippen molar-refractivity contribution in [2.24, 2.45) is 0 Å². The van der Waals surface area contributed by atoms with E-state index < -0.39 is 0 Å². The van der Waals surface area contributed by atoms with Crippen molar-refractivity contribution in [3.63, 3.8) is 0 Å². The van der Waals surface area contributed by atoms with Gasteiger partial charge in [0.1, 0.15) is 5.76 Å². The highest BCUT2D eigenvalue weighted by molar-refractivity contribution is 5.14. The van der Waals surface area contributed by atoms with Crippen LogP contribution in [0.4, 0.5) is 0 Å². The van der Waals surface area contributed by atoms with Gasteiger partial charge >= 0.3 is 0 Å². The van der Waals surface area contributed by atoms with Crippen LogP contribution in [0.2, 0.25) is 0 Å². The summed E-state index contributed by atoms with van der Waals surface area (Å²) in [5.74, 6) is 1.05. The molecular weight excluding hydrogens is 214 g/mol. The van der Waals surface area contributed by atoms with Crippen molar-refractivity contribution in [3.8, 4) is 0 Å². The first-order valence-corrected chi connectivity index (χ1v) is 6.29. The fourth-order valence-electron chi connectivity index (χ4n) is 2.26. The topological polar surface area (TPSA) is 31.7 Å². The van der Waals surface area contributed by atoms with Gasteiger partial charge in [-0.2, -0.15) is 0 Å². The van der Waals surface area contributed by atoms with Crippen LogP contribution in [0, 0.1) is 6.92 Å². The zero-order valence-corrected chi connectivity index (χ0v) is 11.1. The molecule has 1 saturated heterocycles. The summed E-state index contributed by atoms with van der Waals surface area (Å²) in [6.07, 6.45) is 1.76. The Kier molecular flexibility index (Phi) is 4.20. The molecule has 0 aliphatic carbocycles. The second-order valence-corrected chi connectivity index (χ2v) is 5.05. The highest BCUT2D eigenvalue weighted by atomic mass is 16.3. The Balaban J connectivity index is 1.76. The third-order valence-corrected chi connectivity index (χ3v) is 3.61. The summed E-state index contributed by atoms with van der Waals surface area (Å²) in [6.45, 7) is 7.39. The van der Waals surface area contributed by atoms with E-state index in [9.17, 15) is 0 Å². The van der Waals surface area contributed by atoms with Crippen LogP contribution in [0.3, 0.4) is 0 Å². The van der Waals surface area contributed by atoms with Gasteiger partial charge in [0.25, 0.3) is 0 Å². The molecule has 2 rings (SSSR count). The van der Waals surface area contributed by atoms with Gasteiger partial charge in [-0.05, 0) is 32.6 Å². The summed E-state index contributed by atoms with van der Waals surface area (Å²) in [7, 11) is 4.40. The first-order valence-electron chi connectivity index (χ1n) is 6.29. The van der Waals surface area contributed by atoms with Gasteiger partial charge in [0, 0.05) is 32.2 Å². The first kappa shape index (κ1) is 12.6. The van der Waals surface area contributed by atoms with E-state index in [4.69, 9.17) is 4.42 Å². The largest absolute Gasteiger partial charge is 0.468 e. The van der Waals surface area contributed by atoms with Crippen molar-refractivity contribution in [3.05, 3.63) is 23.7 Å². The number of rotatable bonds is 4. The van der Waals surface area contributed by atoms with Gasteiger partial charge in [0.2, 0.25) is 0 Å². The van der Waals surface area contributed by atoms with Crippen LogP contribution in [0.25, 0.3) is 0 Å². The highest BCUT2D eigenvalue weighted by Crippen LogP contribution is 2.09. The minimum absolute atomic E-state index is 0.601. The lowest BCUT2D eigenvalue weighted by atomic mass is 10.2. The Morgan fingerprint density at radius 2 is 2.24 bits per heavy atom. The highest BCUT2D eigenvalue weighted by Gasteiger charge is 2.21. The monoisotopic (exact) mass is 237 g/mol. The lowest BCUT2D eigenvalue weighted by molar-refractivity contribution is 0.113. The van der Waals surface area contributed by atoms with Crippen molar-refractivity contribution in [1.82, 2.24) is 15.1 Å². The second kappa shape index (κ2) is 5.67. The molecular formula is C13H23N3O. The van der Waals surface area contributed by atoms with Crippen molar-refractivity contribution in [2.75, 3.05) is 40.3 Å². The van der Waals surface area contributed by atoms with Crippen LogP contribution in [0.15, 0.2) is 16.7 Å². The van der Waals surface area contributed by atoms with Crippen LogP contribution < -0.4 is 5.32 Å². The molecule has 1 unspecified atom stereocenters. The van der Waals surface area contributed by atoms with E-state index in [0.717, 1.165) is 31.9 Å². The maximum absolute atomic E-state index is 5.42. The fraction of sp³-hybridized carbons (Fsp3) is 0.692. The van der Waals surface area contributed by atoms with Gasteiger partial charge in [-0.1, -0.05) is 0 Å².